The van der Waals surface area contributed by atoms with Gasteiger partial charge < -0.3 is 0 Å². The fraction of sp³-hybridized carbons (Fsp3) is 1.00. The van der Waals surface area contributed by atoms with Gasteiger partial charge in [-0.1, -0.05) is 73.6 Å². The quantitative estimate of drug-likeness (QED) is 0.438. The lowest BCUT2D eigenvalue weighted by Gasteiger charge is -2.32. The highest BCUT2D eigenvalue weighted by Crippen LogP contribution is 2.37. The molecule has 104 valence electrons. The normalized spacial score (nSPS) is 13.1. The van der Waals surface area contributed by atoms with E-state index in [0.29, 0.717) is 10.2 Å². The molecule has 0 saturated carbocycles. The maximum Gasteiger partial charge on any atom is 0.0108 e. The molecule has 0 spiro atoms. The van der Waals surface area contributed by atoms with Crippen LogP contribution < -0.4 is 0 Å². The molecule has 0 heterocycles. The van der Waals surface area contributed by atoms with Gasteiger partial charge in [0.05, 0.1) is 0 Å². The summed E-state index contributed by atoms with van der Waals surface area (Å²) in [4.78, 5) is 0. The second kappa shape index (κ2) is 8.45. The van der Waals surface area contributed by atoms with E-state index in [1.807, 2.05) is 0 Å². The fourth-order valence-corrected chi connectivity index (χ4v) is 4.00. The lowest BCUT2D eigenvalue weighted by Crippen LogP contribution is -2.23. The van der Waals surface area contributed by atoms with Crippen molar-refractivity contribution in [2.45, 2.75) is 91.2 Å². The van der Waals surface area contributed by atoms with E-state index in [1.54, 1.807) is 0 Å². The van der Waals surface area contributed by atoms with Crippen LogP contribution in [-0.4, -0.2) is 10.5 Å². The average Bonchev–Trinajstić information content (AvgIpc) is 2.12. The molecule has 0 bridgehead atoms. The summed E-state index contributed by atoms with van der Waals surface area (Å²) >= 11 is 2.17. The third-order valence-electron chi connectivity index (χ3n) is 2.95. The van der Waals surface area contributed by atoms with Crippen molar-refractivity contribution in [1.29, 1.82) is 0 Å². The van der Waals surface area contributed by atoms with Gasteiger partial charge in [0.2, 0.25) is 0 Å². The molecule has 0 amide bonds. The number of unbranched alkanes of at least 4 members (excludes halogenated alkanes) is 5. The first-order chi connectivity index (χ1) is 7.77. The molecular weight excluding hydrogens is 224 g/mol. The molecule has 0 radical (unpaired) electrons. The maximum atomic E-state index is 2.40. The predicted molar refractivity (Wildman–Crippen MR) is 84.0 cm³/mol. The highest BCUT2D eigenvalue weighted by atomic mass is 32.2. The van der Waals surface area contributed by atoms with Crippen molar-refractivity contribution in [3.63, 3.8) is 0 Å². The van der Waals surface area contributed by atoms with Crippen molar-refractivity contribution in [3.05, 3.63) is 0 Å². The number of hydrogen-bond donors (Lipinski definition) is 0. The van der Waals surface area contributed by atoms with Gasteiger partial charge in [-0.3, -0.25) is 0 Å². The Morgan fingerprint density at radius 2 is 1.29 bits per heavy atom. The van der Waals surface area contributed by atoms with E-state index in [4.69, 9.17) is 0 Å². The summed E-state index contributed by atoms with van der Waals surface area (Å²) in [6.07, 6.45) is 9.79. The zero-order valence-corrected chi connectivity index (χ0v) is 13.9. The van der Waals surface area contributed by atoms with Gasteiger partial charge in [0, 0.05) is 4.75 Å². The minimum atomic E-state index is 0.446. The molecule has 0 rings (SSSR count). The summed E-state index contributed by atoms with van der Waals surface area (Å²) in [6.45, 7) is 14.1. The Morgan fingerprint density at radius 3 is 1.82 bits per heavy atom. The fourth-order valence-electron chi connectivity index (χ4n) is 2.56. The number of rotatable bonds is 9. The molecule has 0 aromatic heterocycles. The van der Waals surface area contributed by atoms with Crippen LogP contribution in [0.4, 0.5) is 0 Å². The van der Waals surface area contributed by atoms with Crippen LogP contribution in [-0.2, 0) is 0 Å². The minimum Gasteiger partial charge on any atom is -0.156 e. The van der Waals surface area contributed by atoms with Gasteiger partial charge in [-0.05, 0) is 24.0 Å². The summed E-state index contributed by atoms with van der Waals surface area (Å²) in [5, 5.41) is 0. The van der Waals surface area contributed by atoms with Crippen LogP contribution >= 0.6 is 11.8 Å². The van der Waals surface area contributed by atoms with Crippen molar-refractivity contribution in [2.24, 2.45) is 5.41 Å². The van der Waals surface area contributed by atoms with Gasteiger partial charge in [0.25, 0.3) is 0 Å². The Morgan fingerprint density at radius 1 is 0.765 bits per heavy atom. The van der Waals surface area contributed by atoms with Gasteiger partial charge in [0.1, 0.15) is 0 Å². The van der Waals surface area contributed by atoms with E-state index in [-0.39, 0.29) is 0 Å². The summed E-state index contributed by atoms with van der Waals surface area (Å²) in [5.41, 5.74) is 0.456. The summed E-state index contributed by atoms with van der Waals surface area (Å²) < 4.78 is 0.446. The first-order valence-electron chi connectivity index (χ1n) is 7.41. The third-order valence-corrected chi connectivity index (χ3v) is 4.37. The Labute approximate surface area is 114 Å². The van der Waals surface area contributed by atoms with Crippen LogP contribution in [0.25, 0.3) is 0 Å². The molecule has 0 atom stereocenters. The van der Waals surface area contributed by atoms with Gasteiger partial charge in [-0.2, -0.15) is 11.8 Å². The Bertz CT molecular complexity index is 176. The highest BCUT2D eigenvalue weighted by Gasteiger charge is 2.25. The van der Waals surface area contributed by atoms with E-state index >= 15 is 0 Å². The summed E-state index contributed by atoms with van der Waals surface area (Å²) in [5.74, 6) is 1.34. The predicted octanol–water partition coefficient (Wildman–Crippen LogP) is 6.29. The maximum absolute atomic E-state index is 2.40. The average molecular weight is 259 g/mol. The Kier molecular flexibility index (Phi) is 8.63. The number of hydrogen-bond acceptors (Lipinski definition) is 1. The zero-order valence-electron chi connectivity index (χ0n) is 13.1. The van der Waals surface area contributed by atoms with Crippen LogP contribution in [0.5, 0.6) is 0 Å². The SMILES string of the molecule is CCCCCCCCSC(C)(C)CC(C)(C)C. The first-order valence-corrected chi connectivity index (χ1v) is 8.39. The number of thioether (sulfide) groups is 1. The van der Waals surface area contributed by atoms with Crippen LogP contribution in [0, 0.1) is 5.41 Å². The molecule has 0 aliphatic heterocycles. The van der Waals surface area contributed by atoms with Crippen molar-refractivity contribution >= 4 is 11.8 Å². The van der Waals surface area contributed by atoms with E-state index in [0.717, 1.165) is 0 Å². The molecule has 0 nitrogen and oxygen atoms in total. The van der Waals surface area contributed by atoms with Crippen molar-refractivity contribution in [3.8, 4) is 0 Å². The zero-order chi connectivity index (χ0) is 13.4. The van der Waals surface area contributed by atoms with Gasteiger partial charge in [0.15, 0.2) is 0 Å². The molecule has 1 heteroatoms. The molecule has 0 N–H and O–H groups in total. The molecular formula is C16H34S. The molecule has 0 aliphatic carbocycles. The summed E-state index contributed by atoms with van der Waals surface area (Å²) in [7, 11) is 0. The minimum absolute atomic E-state index is 0.446. The molecule has 17 heavy (non-hydrogen) atoms. The van der Waals surface area contributed by atoms with Crippen molar-refractivity contribution in [1.82, 2.24) is 0 Å². The molecule has 0 aromatic carbocycles. The smallest absolute Gasteiger partial charge is 0.0108 e. The van der Waals surface area contributed by atoms with Gasteiger partial charge in [-0.25, -0.2) is 0 Å². The highest BCUT2D eigenvalue weighted by molar-refractivity contribution is 8.00. The second-order valence-electron chi connectivity index (χ2n) is 7.11. The Balaban J connectivity index is 3.52. The van der Waals surface area contributed by atoms with Gasteiger partial charge in [-0.15, -0.1) is 0 Å². The molecule has 0 aliphatic rings. The monoisotopic (exact) mass is 258 g/mol. The molecule has 0 saturated heterocycles. The lowest BCUT2D eigenvalue weighted by atomic mass is 9.86. The van der Waals surface area contributed by atoms with Crippen LogP contribution in [0.2, 0.25) is 0 Å². The van der Waals surface area contributed by atoms with Gasteiger partial charge >= 0.3 is 0 Å². The van der Waals surface area contributed by atoms with Crippen molar-refractivity contribution < 1.29 is 0 Å². The largest absolute Gasteiger partial charge is 0.156 e. The topological polar surface area (TPSA) is 0 Å². The Hall–Kier alpha value is 0.350. The van der Waals surface area contributed by atoms with Crippen LogP contribution in [0.3, 0.4) is 0 Å². The van der Waals surface area contributed by atoms with E-state index in [9.17, 15) is 0 Å². The molecule has 0 aromatic rings. The standard InChI is InChI=1S/C16H34S/c1-7-8-9-10-11-12-13-17-16(5,6)14-15(2,3)4/h7-14H2,1-6H3. The third kappa shape index (κ3) is 12.6. The first kappa shape index (κ1) is 17.4. The molecule has 0 unspecified atom stereocenters. The van der Waals surface area contributed by atoms with Crippen LogP contribution in [0.15, 0.2) is 0 Å². The van der Waals surface area contributed by atoms with E-state index in [2.05, 4.69) is 53.3 Å². The van der Waals surface area contributed by atoms with E-state index < -0.39 is 0 Å². The van der Waals surface area contributed by atoms with Crippen molar-refractivity contribution in [2.75, 3.05) is 5.75 Å². The summed E-state index contributed by atoms with van der Waals surface area (Å²) in [6, 6.07) is 0. The molecule has 0 fully saturated rings. The van der Waals surface area contributed by atoms with Crippen LogP contribution in [0.1, 0.15) is 86.5 Å². The lowest BCUT2D eigenvalue weighted by molar-refractivity contribution is 0.339. The van der Waals surface area contributed by atoms with E-state index in [1.165, 1.54) is 50.7 Å². The second-order valence-corrected chi connectivity index (χ2v) is 8.92.